The largest absolute Gasteiger partial charge is 0.298 e. The van der Waals surface area contributed by atoms with Crippen molar-refractivity contribution in [2.24, 2.45) is 5.92 Å². The molecule has 0 spiro atoms. The van der Waals surface area contributed by atoms with Crippen molar-refractivity contribution in [1.82, 2.24) is 4.90 Å². The Balaban J connectivity index is 1.91. The number of hydrogen-bond donors (Lipinski definition) is 0. The van der Waals surface area contributed by atoms with Crippen molar-refractivity contribution in [2.45, 2.75) is 45.1 Å². The molecular weight excluding hydrogens is 190 g/mol. The van der Waals surface area contributed by atoms with E-state index in [0.717, 1.165) is 12.0 Å². The number of nitrogens with zero attached hydrogens (tertiary/aromatic N) is 1. The van der Waals surface area contributed by atoms with Crippen molar-refractivity contribution in [1.29, 1.82) is 0 Å². The van der Waals surface area contributed by atoms with Crippen LogP contribution in [0.4, 0.5) is 0 Å². The number of thioether (sulfide) groups is 1. The molecule has 0 bridgehead atoms. The predicted molar refractivity (Wildman–Crippen MR) is 64.9 cm³/mol. The molecule has 2 fully saturated rings. The van der Waals surface area contributed by atoms with Crippen LogP contribution in [0.3, 0.4) is 0 Å². The third-order valence-corrected chi connectivity index (χ3v) is 4.77. The Bertz CT molecular complexity index is 166. The van der Waals surface area contributed by atoms with Gasteiger partial charge in [0.1, 0.15) is 0 Å². The Kier molecular flexibility index (Phi) is 4.18. The zero-order chi connectivity index (χ0) is 9.80. The molecule has 2 atom stereocenters. The minimum absolute atomic E-state index is 0.915. The fourth-order valence-electron chi connectivity index (χ4n) is 2.93. The quantitative estimate of drug-likeness (QED) is 0.616. The van der Waals surface area contributed by atoms with E-state index in [1.165, 1.54) is 56.7 Å². The molecule has 0 amide bonds. The van der Waals surface area contributed by atoms with E-state index < -0.39 is 0 Å². The summed E-state index contributed by atoms with van der Waals surface area (Å²) in [5.41, 5.74) is 0. The van der Waals surface area contributed by atoms with E-state index in [9.17, 15) is 0 Å². The van der Waals surface area contributed by atoms with Crippen molar-refractivity contribution in [3.05, 3.63) is 0 Å². The molecule has 0 N–H and O–H groups in total. The maximum Gasteiger partial charge on any atom is 0.0121 e. The molecule has 2 rings (SSSR count). The molecule has 1 heterocycles. The van der Waals surface area contributed by atoms with Crippen LogP contribution >= 0.6 is 11.8 Å². The Hall–Kier alpha value is 0.310. The topological polar surface area (TPSA) is 3.24 Å². The van der Waals surface area contributed by atoms with E-state index in [1.807, 2.05) is 0 Å². The lowest BCUT2D eigenvalue weighted by molar-refractivity contribution is 0.154. The molecule has 1 saturated heterocycles. The van der Waals surface area contributed by atoms with Crippen LogP contribution in [0, 0.1) is 5.92 Å². The van der Waals surface area contributed by atoms with Gasteiger partial charge in [-0.25, -0.2) is 0 Å². The van der Waals surface area contributed by atoms with Crippen LogP contribution in [0.1, 0.15) is 39.0 Å². The molecule has 0 aromatic carbocycles. The normalized spacial score (nSPS) is 36.6. The van der Waals surface area contributed by atoms with Gasteiger partial charge in [0.05, 0.1) is 0 Å². The smallest absolute Gasteiger partial charge is 0.0121 e. The van der Waals surface area contributed by atoms with Crippen molar-refractivity contribution in [3.63, 3.8) is 0 Å². The van der Waals surface area contributed by atoms with E-state index in [1.54, 1.807) is 0 Å². The SMILES string of the molecule is CC1CCCCCC1N1CCSCC1. The van der Waals surface area contributed by atoms with Crippen molar-refractivity contribution in [3.8, 4) is 0 Å². The van der Waals surface area contributed by atoms with Gasteiger partial charge in [0, 0.05) is 30.6 Å². The lowest BCUT2D eigenvalue weighted by atomic mass is 9.95. The van der Waals surface area contributed by atoms with Crippen molar-refractivity contribution in [2.75, 3.05) is 24.6 Å². The molecule has 2 aliphatic rings. The summed E-state index contributed by atoms with van der Waals surface area (Å²) >= 11 is 2.13. The fourth-order valence-corrected chi connectivity index (χ4v) is 3.86. The first-order valence-electron chi connectivity index (χ1n) is 6.20. The molecule has 2 unspecified atom stereocenters. The summed E-state index contributed by atoms with van der Waals surface area (Å²) in [4.78, 5) is 2.77. The second-order valence-electron chi connectivity index (χ2n) is 4.83. The summed E-state index contributed by atoms with van der Waals surface area (Å²) in [7, 11) is 0. The Morgan fingerprint density at radius 1 is 1.00 bits per heavy atom. The Labute approximate surface area is 92.6 Å². The first kappa shape index (κ1) is 10.8. The number of hydrogen-bond acceptors (Lipinski definition) is 2. The minimum Gasteiger partial charge on any atom is -0.298 e. The Morgan fingerprint density at radius 3 is 2.50 bits per heavy atom. The molecule has 2 heteroatoms. The molecule has 1 saturated carbocycles. The van der Waals surface area contributed by atoms with Crippen LogP contribution in [0.25, 0.3) is 0 Å². The van der Waals surface area contributed by atoms with Crippen LogP contribution in [0.2, 0.25) is 0 Å². The van der Waals surface area contributed by atoms with Gasteiger partial charge >= 0.3 is 0 Å². The summed E-state index contributed by atoms with van der Waals surface area (Å²) in [6.07, 6.45) is 7.35. The predicted octanol–water partition coefficient (Wildman–Crippen LogP) is 3.00. The molecule has 0 aromatic heterocycles. The highest BCUT2D eigenvalue weighted by Gasteiger charge is 2.26. The van der Waals surface area contributed by atoms with Crippen molar-refractivity contribution < 1.29 is 0 Å². The van der Waals surface area contributed by atoms with E-state index in [2.05, 4.69) is 23.6 Å². The highest BCUT2D eigenvalue weighted by molar-refractivity contribution is 7.99. The lowest BCUT2D eigenvalue weighted by Gasteiger charge is -2.37. The molecule has 1 nitrogen and oxygen atoms in total. The Morgan fingerprint density at radius 2 is 1.71 bits per heavy atom. The summed E-state index contributed by atoms with van der Waals surface area (Å²) < 4.78 is 0. The summed E-state index contributed by atoms with van der Waals surface area (Å²) in [5.74, 6) is 3.67. The van der Waals surface area contributed by atoms with Crippen molar-refractivity contribution >= 4 is 11.8 Å². The maximum atomic E-state index is 2.77. The lowest BCUT2D eigenvalue weighted by Crippen LogP contribution is -2.44. The highest BCUT2D eigenvalue weighted by atomic mass is 32.2. The zero-order valence-corrected chi connectivity index (χ0v) is 10.2. The van der Waals surface area contributed by atoms with Gasteiger partial charge in [-0.2, -0.15) is 11.8 Å². The van der Waals surface area contributed by atoms with E-state index >= 15 is 0 Å². The summed E-state index contributed by atoms with van der Waals surface area (Å²) in [6, 6.07) is 0.915. The average molecular weight is 213 g/mol. The van der Waals surface area contributed by atoms with Crippen LogP contribution < -0.4 is 0 Å². The van der Waals surface area contributed by atoms with Gasteiger partial charge in [0.2, 0.25) is 0 Å². The molecule has 0 aromatic rings. The monoisotopic (exact) mass is 213 g/mol. The summed E-state index contributed by atoms with van der Waals surface area (Å²) in [6.45, 7) is 5.16. The highest BCUT2D eigenvalue weighted by Crippen LogP contribution is 2.28. The van der Waals surface area contributed by atoms with Crippen LogP contribution in [0.15, 0.2) is 0 Å². The van der Waals surface area contributed by atoms with Gasteiger partial charge in [0.25, 0.3) is 0 Å². The van der Waals surface area contributed by atoms with Gasteiger partial charge in [-0.1, -0.05) is 26.2 Å². The standard InChI is InChI=1S/C12H23NS/c1-11-5-3-2-4-6-12(11)13-7-9-14-10-8-13/h11-12H,2-10H2,1H3. The van der Waals surface area contributed by atoms with E-state index in [0.29, 0.717) is 0 Å². The van der Waals surface area contributed by atoms with E-state index in [4.69, 9.17) is 0 Å². The first-order chi connectivity index (χ1) is 6.88. The molecule has 82 valence electrons. The fraction of sp³-hybridized carbons (Fsp3) is 1.00. The third kappa shape index (κ3) is 2.66. The van der Waals surface area contributed by atoms with Crippen LogP contribution in [-0.2, 0) is 0 Å². The van der Waals surface area contributed by atoms with E-state index in [-0.39, 0.29) is 0 Å². The van der Waals surface area contributed by atoms with Gasteiger partial charge in [0.15, 0.2) is 0 Å². The first-order valence-corrected chi connectivity index (χ1v) is 7.35. The molecule has 0 radical (unpaired) electrons. The van der Waals surface area contributed by atoms with Crippen LogP contribution in [0.5, 0.6) is 0 Å². The van der Waals surface area contributed by atoms with Gasteiger partial charge < -0.3 is 0 Å². The molecular formula is C12H23NS. The number of rotatable bonds is 1. The molecule has 1 aliphatic carbocycles. The van der Waals surface area contributed by atoms with Gasteiger partial charge in [-0.05, 0) is 18.8 Å². The molecule has 1 aliphatic heterocycles. The zero-order valence-electron chi connectivity index (χ0n) is 9.37. The van der Waals surface area contributed by atoms with Gasteiger partial charge in [-0.15, -0.1) is 0 Å². The maximum absolute atomic E-state index is 2.77. The molecule has 14 heavy (non-hydrogen) atoms. The summed E-state index contributed by atoms with van der Waals surface area (Å²) in [5, 5.41) is 0. The second-order valence-corrected chi connectivity index (χ2v) is 6.06. The van der Waals surface area contributed by atoms with Crippen LogP contribution in [-0.4, -0.2) is 35.5 Å². The minimum atomic E-state index is 0.915. The second kappa shape index (κ2) is 5.41. The van der Waals surface area contributed by atoms with Gasteiger partial charge in [-0.3, -0.25) is 4.90 Å². The average Bonchev–Trinajstić information content (AvgIpc) is 2.44. The third-order valence-electron chi connectivity index (χ3n) is 3.83.